The molecule has 1 fully saturated rings. The maximum Gasteiger partial charge on any atom is 0.258 e. The summed E-state index contributed by atoms with van der Waals surface area (Å²) in [5.41, 5.74) is 2.66. The van der Waals surface area contributed by atoms with Crippen LogP contribution in [0.4, 0.5) is 5.69 Å². The van der Waals surface area contributed by atoms with Crippen LogP contribution in [0.2, 0.25) is 5.02 Å². The van der Waals surface area contributed by atoms with E-state index in [1.807, 2.05) is 37.3 Å². The smallest absolute Gasteiger partial charge is 0.258 e. The number of anilines is 1. The highest BCUT2D eigenvalue weighted by atomic mass is 35.5. The zero-order chi connectivity index (χ0) is 19.0. The van der Waals surface area contributed by atoms with E-state index in [0.717, 1.165) is 22.6 Å². The summed E-state index contributed by atoms with van der Waals surface area (Å²) >= 11 is 5.93. The lowest BCUT2D eigenvalue weighted by atomic mass is 10.1. The van der Waals surface area contributed by atoms with Gasteiger partial charge in [0, 0.05) is 35.2 Å². The van der Waals surface area contributed by atoms with Gasteiger partial charge in [0.1, 0.15) is 5.75 Å². The number of nitrogens with zero attached hydrogens (tertiary/aromatic N) is 3. The summed E-state index contributed by atoms with van der Waals surface area (Å²) in [6.07, 6.45) is 0.350. The van der Waals surface area contributed by atoms with Crippen molar-refractivity contribution in [3.05, 3.63) is 58.9 Å². The van der Waals surface area contributed by atoms with Crippen molar-refractivity contribution in [1.82, 2.24) is 10.1 Å². The molecule has 7 heteroatoms. The average molecular weight is 384 g/mol. The summed E-state index contributed by atoms with van der Waals surface area (Å²) < 4.78 is 10.7. The quantitative estimate of drug-likeness (QED) is 0.674. The fourth-order valence-corrected chi connectivity index (χ4v) is 3.39. The Morgan fingerprint density at radius 3 is 2.70 bits per heavy atom. The van der Waals surface area contributed by atoms with Crippen LogP contribution in [0.15, 0.2) is 47.0 Å². The SMILES string of the molecule is COc1ccc(-c2nc([C@@H]3CC(=O)N(c4ccc(Cl)cc4)C3)no2)c(C)c1. The lowest BCUT2D eigenvalue weighted by Gasteiger charge is -2.16. The molecule has 2 heterocycles. The number of ether oxygens (including phenoxy) is 1. The van der Waals surface area contributed by atoms with Crippen molar-refractivity contribution in [3.8, 4) is 17.2 Å². The maximum absolute atomic E-state index is 12.4. The number of rotatable bonds is 4. The monoisotopic (exact) mass is 383 g/mol. The van der Waals surface area contributed by atoms with Crippen molar-refractivity contribution < 1.29 is 14.1 Å². The Hall–Kier alpha value is -2.86. The second-order valence-corrected chi connectivity index (χ2v) is 6.96. The second-order valence-electron chi connectivity index (χ2n) is 6.52. The van der Waals surface area contributed by atoms with Gasteiger partial charge in [0.2, 0.25) is 5.91 Å². The number of benzene rings is 2. The number of carbonyl (C=O) groups excluding carboxylic acids is 1. The summed E-state index contributed by atoms with van der Waals surface area (Å²) in [6.45, 7) is 2.48. The zero-order valence-corrected chi connectivity index (χ0v) is 15.7. The number of hydrogen-bond donors (Lipinski definition) is 0. The first-order valence-corrected chi connectivity index (χ1v) is 8.97. The van der Waals surface area contributed by atoms with Crippen LogP contribution < -0.4 is 9.64 Å². The summed E-state index contributed by atoms with van der Waals surface area (Å²) in [7, 11) is 1.63. The number of amides is 1. The summed E-state index contributed by atoms with van der Waals surface area (Å²) in [5.74, 6) is 1.70. The van der Waals surface area contributed by atoms with E-state index in [2.05, 4.69) is 10.1 Å². The number of carbonyl (C=O) groups is 1. The third-order valence-corrected chi connectivity index (χ3v) is 4.99. The van der Waals surface area contributed by atoms with Gasteiger partial charge in [-0.1, -0.05) is 16.8 Å². The first kappa shape index (κ1) is 17.5. The van der Waals surface area contributed by atoms with E-state index in [4.69, 9.17) is 20.9 Å². The minimum atomic E-state index is -0.107. The zero-order valence-electron chi connectivity index (χ0n) is 15.0. The molecule has 1 amide bonds. The van der Waals surface area contributed by atoms with Crippen LogP contribution in [0, 0.1) is 6.92 Å². The molecule has 0 radical (unpaired) electrons. The normalized spacial score (nSPS) is 16.8. The van der Waals surface area contributed by atoms with Gasteiger partial charge in [-0.3, -0.25) is 4.79 Å². The highest BCUT2D eigenvalue weighted by molar-refractivity contribution is 6.30. The molecule has 1 atom stereocenters. The Bertz CT molecular complexity index is 984. The fourth-order valence-electron chi connectivity index (χ4n) is 3.26. The Kier molecular flexibility index (Phi) is 4.58. The molecule has 0 aliphatic carbocycles. The van der Waals surface area contributed by atoms with E-state index < -0.39 is 0 Å². The van der Waals surface area contributed by atoms with Crippen LogP contribution in [-0.4, -0.2) is 29.7 Å². The van der Waals surface area contributed by atoms with Crippen LogP contribution in [0.5, 0.6) is 5.75 Å². The Morgan fingerprint density at radius 2 is 2.00 bits per heavy atom. The molecule has 2 aromatic carbocycles. The summed E-state index contributed by atoms with van der Waals surface area (Å²) in [4.78, 5) is 18.7. The fraction of sp³-hybridized carbons (Fsp3) is 0.250. The number of halogens is 1. The van der Waals surface area contributed by atoms with Gasteiger partial charge >= 0.3 is 0 Å². The summed E-state index contributed by atoms with van der Waals surface area (Å²) in [5, 5.41) is 4.76. The van der Waals surface area contributed by atoms with E-state index in [1.54, 1.807) is 24.1 Å². The molecule has 1 saturated heterocycles. The molecule has 1 aliphatic heterocycles. The minimum absolute atomic E-state index is 0.0364. The molecule has 27 heavy (non-hydrogen) atoms. The van der Waals surface area contributed by atoms with E-state index >= 15 is 0 Å². The van der Waals surface area contributed by atoms with Crippen LogP contribution in [0.25, 0.3) is 11.5 Å². The Morgan fingerprint density at radius 1 is 1.22 bits per heavy atom. The molecule has 1 aromatic heterocycles. The first-order valence-electron chi connectivity index (χ1n) is 8.59. The highest BCUT2D eigenvalue weighted by Gasteiger charge is 2.34. The second kappa shape index (κ2) is 7.04. The van der Waals surface area contributed by atoms with Crippen molar-refractivity contribution in [2.24, 2.45) is 0 Å². The Balaban J connectivity index is 1.55. The Labute approximate surface area is 161 Å². The lowest BCUT2D eigenvalue weighted by Crippen LogP contribution is -2.24. The van der Waals surface area contributed by atoms with Crippen molar-refractivity contribution in [2.45, 2.75) is 19.3 Å². The number of aromatic nitrogens is 2. The predicted molar refractivity (Wildman–Crippen MR) is 102 cm³/mol. The van der Waals surface area contributed by atoms with Crippen LogP contribution >= 0.6 is 11.6 Å². The molecule has 0 bridgehead atoms. The van der Waals surface area contributed by atoms with E-state index in [9.17, 15) is 4.79 Å². The summed E-state index contributed by atoms with van der Waals surface area (Å²) in [6, 6.07) is 12.9. The number of aryl methyl sites for hydroxylation is 1. The molecular formula is C20H18ClN3O3. The first-order chi connectivity index (χ1) is 13.0. The van der Waals surface area contributed by atoms with Gasteiger partial charge in [-0.15, -0.1) is 0 Å². The highest BCUT2D eigenvalue weighted by Crippen LogP contribution is 2.33. The largest absolute Gasteiger partial charge is 0.497 e. The van der Waals surface area contributed by atoms with Gasteiger partial charge in [0.25, 0.3) is 5.89 Å². The standard InChI is InChI=1S/C20H18ClN3O3/c1-12-9-16(26-2)7-8-17(12)20-22-19(23-27-20)13-10-18(25)24(11-13)15-5-3-14(21)4-6-15/h3-9,13H,10-11H2,1-2H3/t13-/m1/s1. The van der Waals surface area contributed by atoms with Crippen LogP contribution in [0.3, 0.4) is 0 Å². The topological polar surface area (TPSA) is 68.5 Å². The van der Waals surface area contributed by atoms with Crippen LogP contribution in [-0.2, 0) is 4.79 Å². The van der Waals surface area contributed by atoms with Gasteiger partial charge < -0.3 is 14.2 Å². The van der Waals surface area contributed by atoms with Gasteiger partial charge in [-0.2, -0.15) is 4.98 Å². The van der Waals surface area contributed by atoms with Gasteiger partial charge in [-0.05, 0) is 55.0 Å². The maximum atomic E-state index is 12.4. The van der Waals surface area contributed by atoms with Crippen LogP contribution in [0.1, 0.15) is 23.7 Å². The van der Waals surface area contributed by atoms with E-state index in [1.165, 1.54) is 0 Å². The third-order valence-electron chi connectivity index (χ3n) is 4.73. The molecule has 4 rings (SSSR count). The van der Waals surface area contributed by atoms with Gasteiger partial charge in [0.15, 0.2) is 5.82 Å². The molecule has 1 aliphatic rings. The molecule has 0 unspecified atom stereocenters. The molecule has 0 saturated carbocycles. The van der Waals surface area contributed by atoms with Crippen molar-refractivity contribution in [1.29, 1.82) is 0 Å². The van der Waals surface area contributed by atoms with Crippen molar-refractivity contribution in [3.63, 3.8) is 0 Å². The number of methoxy groups -OCH3 is 1. The van der Waals surface area contributed by atoms with E-state index in [-0.39, 0.29) is 11.8 Å². The van der Waals surface area contributed by atoms with Gasteiger partial charge in [0.05, 0.1) is 7.11 Å². The van der Waals surface area contributed by atoms with Crippen molar-refractivity contribution >= 4 is 23.2 Å². The average Bonchev–Trinajstić information content (AvgIpc) is 3.29. The van der Waals surface area contributed by atoms with E-state index in [0.29, 0.717) is 29.7 Å². The van der Waals surface area contributed by atoms with Gasteiger partial charge in [-0.25, -0.2) is 0 Å². The lowest BCUT2D eigenvalue weighted by molar-refractivity contribution is -0.117. The molecule has 0 N–H and O–H groups in total. The minimum Gasteiger partial charge on any atom is -0.497 e. The molecule has 6 nitrogen and oxygen atoms in total. The predicted octanol–water partition coefficient (Wildman–Crippen LogP) is 4.23. The molecular weight excluding hydrogens is 366 g/mol. The third kappa shape index (κ3) is 3.40. The van der Waals surface area contributed by atoms with Crippen molar-refractivity contribution in [2.75, 3.05) is 18.6 Å². The molecule has 138 valence electrons. The molecule has 3 aromatic rings. The number of hydrogen-bond acceptors (Lipinski definition) is 5. The molecule has 0 spiro atoms.